The zero-order chi connectivity index (χ0) is 17.6. The van der Waals surface area contributed by atoms with E-state index < -0.39 is 11.9 Å². The van der Waals surface area contributed by atoms with Crippen molar-refractivity contribution in [2.45, 2.75) is 25.3 Å². The van der Waals surface area contributed by atoms with E-state index in [4.69, 9.17) is 5.73 Å². The van der Waals surface area contributed by atoms with Crippen molar-refractivity contribution in [3.63, 3.8) is 0 Å². The molecule has 5 nitrogen and oxygen atoms in total. The van der Waals surface area contributed by atoms with Crippen LogP contribution < -0.4 is 11.1 Å². The quantitative estimate of drug-likeness (QED) is 0.684. The van der Waals surface area contributed by atoms with Crippen molar-refractivity contribution < 1.29 is 9.59 Å². The largest absolute Gasteiger partial charge is 0.368 e. The van der Waals surface area contributed by atoms with Gasteiger partial charge in [-0.25, -0.2) is 4.98 Å². The second kappa shape index (κ2) is 7.90. The first-order valence-electron chi connectivity index (χ1n) is 8.09. The Bertz CT molecular complexity index is 844. The molecule has 0 aliphatic carbocycles. The third kappa shape index (κ3) is 4.64. The lowest BCUT2D eigenvalue weighted by Gasteiger charge is -2.15. The molecule has 2 aromatic carbocycles. The van der Waals surface area contributed by atoms with E-state index in [9.17, 15) is 9.59 Å². The van der Waals surface area contributed by atoms with Crippen LogP contribution in [0.3, 0.4) is 0 Å². The molecule has 0 unspecified atom stereocenters. The van der Waals surface area contributed by atoms with Crippen molar-refractivity contribution >= 4 is 33.4 Å². The summed E-state index contributed by atoms with van der Waals surface area (Å²) in [6.07, 6.45) is 1.21. The smallest absolute Gasteiger partial charge is 0.240 e. The Morgan fingerprint density at radius 2 is 1.80 bits per heavy atom. The average Bonchev–Trinajstić information content (AvgIpc) is 3.03. The molecule has 1 heterocycles. The maximum atomic E-state index is 12.2. The summed E-state index contributed by atoms with van der Waals surface area (Å²) in [4.78, 5) is 28.3. The third-order valence-electron chi connectivity index (χ3n) is 3.87. The average molecular weight is 353 g/mol. The standard InChI is InChI=1S/C19H19N3O2S/c20-19(24)15(12-13-6-2-1-3-7-13)21-17(23)10-11-18-22-14-8-4-5-9-16(14)25-18/h1-9,15H,10-12H2,(H2,20,24)(H,21,23)/t15-/m0/s1. The Balaban J connectivity index is 1.57. The van der Waals surface area contributed by atoms with Gasteiger partial charge in [0.25, 0.3) is 0 Å². The summed E-state index contributed by atoms with van der Waals surface area (Å²) in [7, 11) is 0. The topological polar surface area (TPSA) is 85.1 Å². The number of hydrogen-bond acceptors (Lipinski definition) is 4. The molecule has 25 heavy (non-hydrogen) atoms. The monoisotopic (exact) mass is 353 g/mol. The highest BCUT2D eigenvalue weighted by atomic mass is 32.1. The van der Waals surface area contributed by atoms with Crippen molar-refractivity contribution in [2.75, 3.05) is 0 Å². The van der Waals surface area contributed by atoms with Crippen molar-refractivity contribution in [1.82, 2.24) is 10.3 Å². The Labute approximate surface area is 149 Å². The number of aryl methyl sites for hydroxylation is 1. The van der Waals surface area contributed by atoms with E-state index >= 15 is 0 Å². The third-order valence-corrected chi connectivity index (χ3v) is 4.96. The first kappa shape index (κ1) is 17.1. The van der Waals surface area contributed by atoms with Crippen LogP contribution in [0.5, 0.6) is 0 Å². The number of para-hydroxylation sites is 1. The van der Waals surface area contributed by atoms with E-state index in [0.717, 1.165) is 20.8 Å². The lowest BCUT2D eigenvalue weighted by molar-refractivity contribution is -0.127. The molecule has 6 heteroatoms. The SMILES string of the molecule is NC(=O)[C@H](Cc1ccccc1)NC(=O)CCc1nc2ccccc2s1. The molecule has 1 aromatic heterocycles. The van der Waals surface area contributed by atoms with Crippen molar-refractivity contribution in [2.24, 2.45) is 5.73 Å². The number of aromatic nitrogens is 1. The summed E-state index contributed by atoms with van der Waals surface area (Å²) in [6, 6.07) is 16.7. The van der Waals surface area contributed by atoms with Gasteiger partial charge in [-0.2, -0.15) is 0 Å². The summed E-state index contributed by atoms with van der Waals surface area (Å²) in [5, 5.41) is 3.64. The number of fused-ring (bicyclic) bond motifs is 1. The number of nitrogens with zero attached hydrogens (tertiary/aromatic N) is 1. The molecular formula is C19H19N3O2S. The molecule has 0 aliphatic heterocycles. The Kier molecular flexibility index (Phi) is 5.40. The van der Waals surface area contributed by atoms with E-state index in [1.807, 2.05) is 54.6 Å². The minimum atomic E-state index is -0.703. The summed E-state index contributed by atoms with van der Waals surface area (Å²) < 4.78 is 1.11. The van der Waals surface area contributed by atoms with Gasteiger partial charge in [-0.15, -0.1) is 11.3 Å². The van der Waals surface area contributed by atoms with Crippen LogP contribution >= 0.6 is 11.3 Å². The molecule has 3 aromatic rings. The summed E-state index contributed by atoms with van der Waals surface area (Å²) in [6.45, 7) is 0. The van der Waals surface area contributed by atoms with Gasteiger partial charge in [0.2, 0.25) is 11.8 Å². The zero-order valence-electron chi connectivity index (χ0n) is 13.6. The van der Waals surface area contributed by atoms with Gasteiger partial charge in [0.1, 0.15) is 6.04 Å². The Morgan fingerprint density at radius 1 is 1.08 bits per heavy atom. The van der Waals surface area contributed by atoms with Gasteiger partial charge < -0.3 is 11.1 Å². The van der Waals surface area contributed by atoms with Gasteiger partial charge in [-0.05, 0) is 17.7 Å². The molecule has 3 N–H and O–H groups in total. The van der Waals surface area contributed by atoms with Gasteiger partial charge in [0, 0.05) is 19.3 Å². The lowest BCUT2D eigenvalue weighted by Crippen LogP contribution is -2.45. The van der Waals surface area contributed by atoms with Crippen LogP contribution in [0.2, 0.25) is 0 Å². The molecule has 3 rings (SSSR count). The first-order chi connectivity index (χ1) is 12.1. The van der Waals surface area contributed by atoms with Crippen LogP contribution in [0.4, 0.5) is 0 Å². The van der Waals surface area contributed by atoms with E-state index in [2.05, 4.69) is 10.3 Å². The number of benzene rings is 2. The summed E-state index contributed by atoms with van der Waals surface area (Å²) in [5.74, 6) is -0.726. The molecule has 0 radical (unpaired) electrons. The number of amides is 2. The molecule has 1 atom stereocenters. The van der Waals surface area contributed by atoms with E-state index in [0.29, 0.717) is 12.8 Å². The van der Waals surface area contributed by atoms with Crippen LogP contribution in [0.1, 0.15) is 17.0 Å². The van der Waals surface area contributed by atoms with Crippen molar-refractivity contribution in [3.05, 3.63) is 65.2 Å². The number of nitrogens with two attached hydrogens (primary N) is 1. The van der Waals surface area contributed by atoms with Crippen LogP contribution in [-0.4, -0.2) is 22.8 Å². The molecule has 2 amide bonds. The second-order valence-corrected chi connectivity index (χ2v) is 6.90. The fraction of sp³-hybridized carbons (Fsp3) is 0.211. The highest BCUT2D eigenvalue weighted by Gasteiger charge is 2.18. The fourth-order valence-corrected chi connectivity index (χ4v) is 3.55. The second-order valence-electron chi connectivity index (χ2n) is 5.79. The molecule has 0 saturated carbocycles. The van der Waals surface area contributed by atoms with Crippen LogP contribution in [0.25, 0.3) is 10.2 Å². The predicted molar refractivity (Wildman–Crippen MR) is 99.2 cm³/mol. The van der Waals surface area contributed by atoms with Gasteiger partial charge in [-0.1, -0.05) is 42.5 Å². The molecule has 128 valence electrons. The predicted octanol–water partition coefficient (Wildman–Crippen LogP) is 2.44. The number of carbonyl (C=O) groups is 2. The van der Waals surface area contributed by atoms with Gasteiger partial charge >= 0.3 is 0 Å². The van der Waals surface area contributed by atoms with Crippen molar-refractivity contribution in [1.29, 1.82) is 0 Å². The number of thiazole rings is 1. The highest BCUT2D eigenvalue weighted by Crippen LogP contribution is 2.22. The number of carbonyl (C=O) groups excluding carboxylic acids is 2. The maximum absolute atomic E-state index is 12.2. The van der Waals surface area contributed by atoms with Gasteiger partial charge in [0.05, 0.1) is 15.2 Å². The summed E-state index contributed by atoms with van der Waals surface area (Å²) in [5.41, 5.74) is 7.33. The van der Waals surface area contributed by atoms with Crippen molar-refractivity contribution in [3.8, 4) is 0 Å². The fourth-order valence-electron chi connectivity index (χ4n) is 2.59. The van der Waals surface area contributed by atoms with E-state index in [1.54, 1.807) is 11.3 Å². The Morgan fingerprint density at radius 3 is 2.52 bits per heavy atom. The molecule has 0 saturated heterocycles. The van der Waals surface area contributed by atoms with Gasteiger partial charge in [0.15, 0.2) is 0 Å². The Hall–Kier alpha value is -2.73. The lowest BCUT2D eigenvalue weighted by atomic mass is 10.1. The molecule has 0 fully saturated rings. The van der Waals surface area contributed by atoms with Crippen LogP contribution in [0, 0.1) is 0 Å². The molecule has 0 aliphatic rings. The van der Waals surface area contributed by atoms with Crippen LogP contribution in [0.15, 0.2) is 54.6 Å². The van der Waals surface area contributed by atoms with E-state index in [-0.39, 0.29) is 12.3 Å². The molecule has 0 bridgehead atoms. The van der Waals surface area contributed by atoms with Gasteiger partial charge in [-0.3, -0.25) is 9.59 Å². The number of hydrogen-bond donors (Lipinski definition) is 2. The normalized spacial score (nSPS) is 12.0. The first-order valence-corrected chi connectivity index (χ1v) is 8.90. The molecule has 0 spiro atoms. The number of rotatable bonds is 7. The minimum absolute atomic E-state index is 0.195. The minimum Gasteiger partial charge on any atom is -0.368 e. The summed E-state index contributed by atoms with van der Waals surface area (Å²) >= 11 is 1.58. The molecular weight excluding hydrogens is 334 g/mol. The number of nitrogens with one attached hydrogen (secondary N) is 1. The zero-order valence-corrected chi connectivity index (χ0v) is 14.5. The number of primary amides is 1. The van der Waals surface area contributed by atoms with Crippen LogP contribution in [-0.2, 0) is 22.4 Å². The maximum Gasteiger partial charge on any atom is 0.240 e. The highest BCUT2D eigenvalue weighted by molar-refractivity contribution is 7.18. The van der Waals surface area contributed by atoms with E-state index in [1.165, 1.54) is 0 Å².